The first-order chi connectivity index (χ1) is 13.9. The lowest BCUT2D eigenvalue weighted by molar-refractivity contribution is -0.133. The van der Waals surface area contributed by atoms with E-state index in [2.05, 4.69) is 0 Å². The minimum atomic E-state index is -0.513. The van der Waals surface area contributed by atoms with Gasteiger partial charge in [0.05, 0.1) is 12.5 Å². The van der Waals surface area contributed by atoms with Crippen LogP contribution in [-0.2, 0) is 22.6 Å². The summed E-state index contributed by atoms with van der Waals surface area (Å²) < 4.78 is 0. The highest BCUT2D eigenvalue weighted by molar-refractivity contribution is 6.31. The van der Waals surface area contributed by atoms with E-state index in [1.807, 2.05) is 12.1 Å². The molecule has 1 aliphatic carbocycles. The predicted octanol–water partition coefficient (Wildman–Crippen LogP) is 3.80. The van der Waals surface area contributed by atoms with Crippen molar-refractivity contribution in [3.63, 3.8) is 0 Å². The van der Waals surface area contributed by atoms with E-state index in [0.29, 0.717) is 48.4 Å². The van der Waals surface area contributed by atoms with Crippen molar-refractivity contribution in [1.29, 1.82) is 0 Å². The quantitative estimate of drug-likeness (QED) is 0.556. The predicted molar refractivity (Wildman–Crippen MR) is 108 cm³/mol. The van der Waals surface area contributed by atoms with Crippen molar-refractivity contribution < 1.29 is 19.2 Å². The van der Waals surface area contributed by atoms with E-state index in [0.717, 1.165) is 11.1 Å². The molecule has 0 bridgehead atoms. The number of hydrogen-bond acceptors (Lipinski definition) is 4. The van der Waals surface area contributed by atoms with Gasteiger partial charge in [0.25, 0.3) is 5.91 Å². The maximum absolute atomic E-state index is 12.7. The molecule has 0 N–H and O–H groups in total. The Bertz CT molecular complexity index is 1030. The molecule has 5 nitrogen and oxygen atoms in total. The van der Waals surface area contributed by atoms with Crippen LogP contribution in [0.15, 0.2) is 42.5 Å². The molecule has 1 amide bonds. The van der Waals surface area contributed by atoms with Crippen LogP contribution in [0.3, 0.4) is 0 Å². The number of aryl methyl sites for hydroxylation is 1. The van der Waals surface area contributed by atoms with E-state index < -0.39 is 6.04 Å². The summed E-state index contributed by atoms with van der Waals surface area (Å²) in [6.07, 6.45) is 1.57. The molecule has 1 aliphatic heterocycles. The maximum atomic E-state index is 12.7. The van der Waals surface area contributed by atoms with Gasteiger partial charge >= 0.3 is 0 Å². The van der Waals surface area contributed by atoms with Gasteiger partial charge in [-0.25, -0.2) is 0 Å². The Hall–Kier alpha value is -2.79. The van der Waals surface area contributed by atoms with Gasteiger partial charge in [-0.05, 0) is 42.2 Å². The highest BCUT2D eigenvalue weighted by Crippen LogP contribution is 2.30. The molecule has 148 valence electrons. The number of rotatable bonds is 5. The molecule has 2 aromatic rings. The molecule has 0 radical (unpaired) electrons. The number of amides is 1. The average Bonchev–Trinajstić information content (AvgIpc) is 3.02. The summed E-state index contributed by atoms with van der Waals surface area (Å²) in [4.78, 5) is 50.4. The lowest BCUT2D eigenvalue weighted by atomic mass is 9.92. The third-order valence-electron chi connectivity index (χ3n) is 5.60. The zero-order valence-electron chi connectivity index (χ0n) is 15.8. The minimum absolute atomic E-state index is 0.0168. The Kier molecular flexibility index (Phi) is 5.33. The normalized spacial score (nSPS) is 18.9. The summed E-state index contributed by atoms with van der Waals surface area (Å²) in [6, 6.07) is 12.0. The molecule has 0 saturated heterocycles. The van der Waals surface area contributed by atoms with Gasteiger partial charge in [-0.3, -0.25) is 19.2 Å². The summed E-state index contributed by atoms with van der Waals surface area (Å²) in [5.74, 6) is -0.366. The summed E-state index contributed by atoms with van der Waals surface area (Å²) in [5, 5.41) is 0.533. The van der Waals surface area contributed by atoms with Crippen molar-refractivity contribution in [2.75, 3.05) is 0 Å². The number of ketones is 3. The van der Waals surface area contributed by atoms with Crippen LogP contribution in [0.1, 0.15) is 57.5 Å². The van der Waals surface area contributed by atoms with Gasteiger partial charge in [-0.2, -0.15) is 0 Å². The SMILES string of the molecule is O=C1CCC(N2Cc3cc(CCC(=O)c4cccc(Cl)c4)ccc3C2=O)C(=O)C1. The zero-order chi connectivity index (χ0) is 20.5. The van der Waals surface area contributed by atoms with Crippen molar-refractivity contribution in [1.82, 2.24) is 4.90 Å². The monoisotopic (exact) mass is 409 g/mol. The van der Waals surface area contributed by atoms with Crippen LogP contribution in [0, 0.1) is 0 Å². The molecule has 0 spiro atoms. The molecule has 2 aliphatic rings. The first kappa shape index (κ1) is 19.5. The summed E-state index contributed by atoms with van der Waals surface area (Å²) >= 11 is 5.95. The van der Waals surface area contributed by atoms with Crippen LogP contribution in [-0.4, -0.2) is 34.2 Å². The highest BCUT2D eigenvalue weighted by Gasteiger charge is 2.38. The van der Waals surface area contributed by atoms with E-state index in [1.165, 1.54) is 0 Å². The fraction of sp³-hybridized carbons (Fsp3) is 0.304. The second-order valence-electron chi connectivity index (χ2n) is 7.59. The standard InChI is InChI=1S/C23H20ClNO4/c24-17-3-1-2-15(11-17)21(27)9-5-14-4-7-19-16(10-14)13-25(23(19)29)20-8-6-18(26)12-22(20)28/h1-4,7,10-11,20H,5-6,8-9,12-13H2. The lowest BCUT2D eigenvalue weighted by Crippen LogP contribution is -2.44. The molecular formula is C23H20ClNO4. The molecule has 1 fully saturated rings. The number of fused-ring (bicyclic) bond motifs is 1. The van der Waals surface area contributed by atoms with Gasteiger partial charge in [0, 0.05) is 35.5 Å². The van der Waals surface area contributed by atoms with Crippen LogP contribution in [0.4, 0.5) is 0 Å². The molecule has 6 heteroatoms. The number of carbonyl (C=O) groups excluding carboxylic acids is 4. The van der Waals surface area contributed by atoms with Gasteiger partial charge in [0.15, 0.2) is 11.6 Å². The molecule has 1 atom stereocenters. The first-order valence-electron chi connectivity index (χ1n) is 9.68. The summed E-state index contributed by atoms with van der Waals surface area (Å²) in [5.41, 5.74) is 3.02. The third kappa shape index (κ3) is 4.01. The maximum Gasteiger partial charge on any atom is 0.255 e. The van der Waals surface area contributed by atoms with Crippen molar-refractivity contribution in [2.45, 2.75) is 44.7 Å². The van der Waals surface area contributed by atoms with Crippen molar-refractivity contribution in [2.24, 2.45) is 0 Å². The number of hydrogen-bond donors (Lipinski definition) is 0. The van der Waals surface area contributed by atoms with Gasteiger partial charge < -0.3 is 4.90 Å². The van der Waals surface area contributed by atoms with E-state index in [-0.39, 0.29) is 29.7 Å². The van der Waals surface area contributed by atoms with Crippen molar-refractivity contribution in [3.05, 3.63) is 69.7 Å². The Labute approximate surface area is 173 Å². The van der Waals surface area contributed by atoms with Crippen LogP contribution in [0.2, 0.25) is 5.02 Å². The molecular weight excluding hydrogens is 390 g/mol. The number of Topliss-reactive ketones (excluding diaryl/α,β-unsaturated/α-hetero) is 3. The van der Waals surface area contributed by atoms with Crippen LogP contribution < -0.4 is 0 Å². The Morgan fingerprint density at radius 1 is 1.10 bits per heavy atom. The Balaban J connectivity index is 1.44. The fourth-order valence-electron chi connectivity index (χ4n) is 4.06. The molecule has 29 heavy (non-hydrogen) atoms. The third-order valence-corrected chi connectivity index (χ3v) is 5.84. The average molecular weight is 410 g/mol. The molecule has 1 saturated carbocycles. The van der Waals surface area contributed by atoms with Crippen molar-refractivity contribution >= 4 is 34.9 Å². The summed E-state index contributed by atoms with van der Waals surface area (Å²) in [6.45, 7) is 0.370. The van der Waals surface area contributed by atoms with Crippen molar-refractivity contribution in [3.8, 4) is 0 Å². The second-order valence-corrected chi connectivity index (χ2v) is 8.03. The summed E-state index contributed by atoms with van der Waals surface area (Å²) in [7, 11) is 0. The second kappa shape index (κ2) is 7.91. The first-order valence-corrected chi connectivity index (χ1v) is 10.1. The zero-order valence-corrected chi connectivity index (χ0v) is 16.6. The topological polar surface area (TPSA) is 71.5 Å². The van der Waals surface area contributed by atoms with Gasteiger partial charge in [-0.1, -0.05) is 35.9 Å². The number of carbonyl (C=O) groups is 4. The van der Waals surface area contributed by atoms with Crippen LogP contribution >= 0.6 is 11.6 Å². The van der Waals surface area contributed by atoms with E-state index in [1.54, 1.807) is 35.2 Å². The van der Waals surface area contributed by atoms with Crippen LogP contribution in [0.5, 0.6) is 0 Å². The molecule has 2 aromatic carbocycles. The molecule has 1 unspecified atom stereocenters. The van der Waals surface area contributed by atoms with E-state index in [4.69, 9.17) is 11.6 Å². The Morgan fingerprint density at radius 2 is 1.93 bits per heavy atom. The van der Waals surface area contributed by atoms with E-state index >= 15 is 0 Å². The highest BCUT2D eigenvalue weighted by atomic mass is 35.5. The molecule has 1 heterocycles. The number of halogens is 1. The Morgan fingerprint density at radius 3 is 2.69 bits per heavy atom. The van der Waals surface area contributed by atoms with E-state index in [9.17, 15) is 19.2 Å². The van der Waals surface area contributed by atoms with Gasteiger partial charge in [0.1, 0.15) is 5.78 Å². The molecule has 0 aromatic heterocycles. The number of benzene rings is 2. The van der Waals surface area contributed by atoms with Gasteiger partial charge in [0.2, 0.25) is 0 Å². The fourth-order valence-corrected chi connectivity index (χ4v) is 4.25. The largest absolute Gasteiger partial charge is 0.324 e. The smallest absolute Gasteiger partial charge is 0.255 e. The van der Waals surface area contributed by atoms with Crippen LogP contribution in [0.25, 0.3) is 0 Å². The molecule has 4 rings (SSSR count). The number of nitrogens with zero attached hydrogens (tertiary/aromatic N) is 1. The minimum Gasteiger partial charge on any atom is -0.324 e. The van der Waals surface area contributed by atoms with Gasteiger partial charge in [-0.15, -0.1) is 0 Å². The lowest BCUT2D eigenvalue weighted by Gasteiger charge is -2.29.